The zero-order valence-electron chi connectivity index (χ0n) is 18.4. The van der Waals surface area contributed by atoms with E-state index < -0.39 is 11.7 Å². The summed E-state index contributed by atoms with van der Waals surface area (Å²) >= 11 is 0. The standard InChI is InChI=1S/C26H22FN3O3/c1-16-4-6-18(7-5-16)23-24(31)17(2)29-30(21-12-10-20(27)11-13-21)25(23)28-26(32)19-8-14-22(33-3)15-9-19/h4-15H,1-3H3,(H,28,32). The summed E-state index contributed by atoms with van der Waals surface area (Å²) in [5.41, 5.74) is 2.79. The summed E-state index contributed by atoms with van der Waals surface area (Å²) in [4.78, 5) is 26.3. The highest BCUT2D eigenvalue weighted by atomic mass is 19.1. The summed E-state index contributed by atoms with van der Waals surface area (Å²) in [5, 5.41) is 7.25. The molecular formula is C26H22FN3O3. The minimum atomic E-state index is -0.424. The lowest BCUT2D eigenvalue weighted by Gasteiger charge is -2.18. The fourth-order valence-electron chi connectivity index (χ4n) is 3.43. The number of halogens is 1. The molecule has 0 aliphatic rings. The van der Waals surface area contributed by atoms with E-state index in [1.54, 1.807) is 38.3 Å². The number of carbonyl (C=O) groups excluding carboxylic acids is 1. The van der Waals surface area contributed by atoms with E-state index in [-0.39, 0.29) is 16.9 Å². The van der Waals surface area contributed by atoms with Gasteiger partial charge < -0.3 is 10.1 Å². The Morgan fingerprint density at radius 3 is 2.18 bits per heavy atom. The first kappa shape index (κ1) is 22.0. The summed E-state index contributed by atoms with van der Waals surface area (Å²) in [6, 6.07) is 19.7. The minimum absolute atomic E-state index is 0.196. The van der Waals surface area contributed by atoms with Crippen LogP contribution in [-0.4, -0.2) is 22.8 Å². The highest BCUT2D eigenvalue weighted by molar-refractivity contribution is 6.05. The van der Waals surface area contributed by atoms with Gasteiger partial charge in [-0.15, -0.1) is 0 Å². The monoisotopic (exact) mass is 443 g/mol. The number of rotatable bonds is 5. The second-order valence-electron chi connectivity index (χ2n) is 7.58. The van der Waals surface area contributed by atoms with Crippen molar-refractivity contribution in [3.63, 3.8) is 0 Å². The van der Waals surface area contributed by atoms with Crippen molar-refractivity contribution < 1.29 is 13.9 Å². The molecule has 0 spiro atoms. The van der Waals surface area contributed by atoms with E-state index in [0.717, 1.165) is 5.56 Å². The molecule has 1 heterocycles. The van der Waals surface area contributed by atoms with E-state index in [4.69, 9.17) is 4.74 Å². The maximum absolute atomic E-state index is 13.6. The van der Waals surface area contributed by atoms with E-state index in [2.05, 4.69) is 10.4 Å². The van der Waals surface area contributed by atoms with Crippen LogP contribution >= 0.6 is 0 Å². The Labute approximate surface area is 190 Å². The number of hydrogen-bond donors (Lipinski definition) is 1. The van der Waals surface area contributed by atoms with Gasteiger partial charge in [-0.25, -0.2) is 9.07 Å². The van der Waals surface area contributed by atoms with Crippen LogP contribution in [0.15, 0.2) is 77.6 Å². The highest BCUT2D eigenvalue weighted by Gasteiger charge is 2.21. The number of benzene rings is 3. The van der Waals surface area contributed by atoms with Gasteiger partial charge >= 0.3 is 0 Å². The molecule has 1 N–H and O–H groups in total. The second-order valence-corrected chi connectivity index (χ2v) is 7.58. The summed E-state index contributed by atoms with van der Waals surface area (Å²) < 4.78 is 20.2. The highest BCUT2D eigenvalue weighted by Crippen LogP contribution is 2.28. The third-order valence-electron chi connectivity index (χ3n) is 5.25. The van der Waals surface area contributed by atoms with Gasteiger partial charge in [0.2, 0.25) is 5.43 Å². The number of nitrogens with zero attached hydrogens (tertiary/aromatic N) is 2. The van der Waals surface area contributed by atoms with Gasteiger partial charge in [-0.1, -0.05) is 29.8 Å². The van der Waals surface area contributed by atoms with Gasteiger partial charge in [0, 0.05) is 5.56 Å². The summed E-state index contributed by atoms with van der Waals surface area (Å²) in [6.45, 7) is 3.56. The summed E-state index contributed by atoms with van der Waals surface area (Å²) in [7, 11) is 1.54. The van der Waals surface area contributed by atoms with E-state index in [9.17, 15) is 14.0 Å². The molecule has 0 radical (unpaired) electrons. The first-order valence-corrected chi connectivity index (χ1v) is 10.3. The number of amides is 1. The smallest absolute Gasteiger partial charge is 0.256 e. The predicted molar refractivity (Wildman–Crippen MR) is 126 cm³/mol. The van der Waals surface area contributed by atoms with Crippen molar-refractivity contribution in [2.24, 2.45) is 0 Å². The van der Waals surface area contributed by atoms with Crippen LogP contribution in [0.25, 0.3) is 16.8 Å². The van der Waals surface area contributed by atoms with Crippen LogP contribution in [0.1, 0.15) is 21.6 Å². The molecule has 1 amide bonds. The molecule has 4 rings (SSSR count). The summed E-state index contributed by atoms with van der Waals surface area (Å²) in [5.74, 6) is -0.0139. The van der Waals surface area contributed by atoms with Crippen LogP contribution in [0.4, 0.5) is 10.2 Å². The molecule has 0 saturated heterocycles. The van der Waals surface area contributed by atoms with E-state index in [1.165, 1.54) is 28.9 Å². The number of hydrogen-bond acceptors (Lipinski definition) is 4. The molecule has 33 heavy (non-hydrogen) atoms. The van der Waals surface area contributed by atoms with Crippen molar-refractivity contribution in [3.05, 3.63) is 106 Å². The van der Waals surface area contributed by atoms with Gasteiger partial charge in [-0.2, -0.15) is 5.10 Å². The Balaban J connectivity index is 1.91. The largest absolute Gasteiger partial charge is 0.497 e. The number of methoxy groups -OCH3 is 1. The molecule has 7 heteroatoms. The molecule has 0 fully saturated rings. The van der Waals surface area contributed by atoms with Crippen LogP contribution in [0.5, 0.6) is 5.75 Å². The minimum Gasteiger partial charge on any atom is -0.497 e. The molecule has 4 aromatic rings. The molecule has 0 bridgehead atoms. The zero-order valence-corrected chi connectivity index (χ0v) is 18.4. The van der Waals surface area contributed by atoms with Crippen molar-refractivity contribution >= 4 is 11.7 Å². The summed E-state index contributed by atoms with van der Waals surface area (Å²) in [6.07, 6.45) is 0. The Hall–Kier alpha value is -4.26. The van der Waals surface area contributed by atoms with Crippen molar-refractivity contribution in [2.45, 2.75) is 13.8 Å². The fourth-order valence-corrected chi connectivity index (χ4v) is 3.43. The van der Waals surface area contributed by atoms with Crippen LogP contribution in [0, 0.1) is 19.7 Å². The molecule has 0 aliphatic carbocycles. The molecule has 0 unspecified atom stereocenters. The lowest BCUT2D eigenvalue weighted by molar-refractivity contribution is 0.102. The number of nitrogens with one attached hydrogen (secondary N) is 1. The molecule has 3 aromatic carbocycles. The molecule has 166 valence electrons. The lowest BCUT2D eigenvalue weighted by Crippen LogP contribution is -2.25. The predicted octanol–water partition coefficient (Wildman–Crippen LogP) is 4.92. The Morgan fingerprint density at radius 1 is 0.939 bits per heavy atom. The van der Waals surface area contributed by atoms with E-state index >= 15 is 0 Å². The van der Waals surface area contributed by atoms with E-state index in [0.29, 0.717) is 28.1 Å². The maximum Gasteiger partial charge on any atom is 0.256 e. The number of ether oxygens (including phenoxy) is 1. The maximum atomic E-state index is 13.6. The third kappa shape index (κ3) is 4.52. The average Bonchev–Trinajstić information content (AvgIpc) is 2.83. The molecule has 0 saturated carbocycles. The van der Waals surface area contributed by atoms with Gasteiger partial charge in [0.1, 0.15) is 23.1 Å². The first-order valence-electron chi connectivity index (χ1n) is 10.3. The van der Waals surface area contributed by atoms with Crippen LogP contribution < -0.4 is 15.5 Å². The van der Waals surface area contributed by atoms with E-state index in [1.807, 2.05) is 31.2 Å². The fraction of sp³-hybridized carbons (Fsp3) is 0.115. The molecule has 1 aromatic heterocycles. The Bertz CT molecular complexity index is 1360. The molecule has 6 nitrogen and oxygen atoms in total. The van der Waals surface area contributed by atoms with Gasteiger partial charge in [0.25, 0.3) is 5.91 Å². The van der Waals surface area contributed by atoms with Crippen LogP contribution in [-0.2, 0) is 0 Å². The van der Waals surface area contributed by atoms with Crippen molar-refractivity contribution in [1.82, 2.24) is 9.78 Å². The number of carbonyl (C=O) groups is 1. The second kappa shape index (κ2) is 9.08. The Morgan fingerprint density at radius 2 is 1.58 bits per heavy atom. The van der Waals surface area contributed by atoms with Crippen molar-refractivity contribution in [2.75, 3.05) is 12.4 Å². The van der Waals surface area contributed by atoms with Gasteiger partial charge in [-0.05, 0) is 67.9 Å². The number of aryl methyl sites for hydroxylation is 2. The van der Waals surface area contributed by atoms with Crippen molar-refractivity contribution in [1.29, 1.82) is 0 Å². The molecular weight excluding hydrogens is 421 g/mol. The van der Waals surface area contributed by atoms with Gasteiger partial charge in [0.15, 0.2) is 0 Å². The quantitative estimate of drug-likeness (QED) is 0.475. The SMILES string of the molecule is COc1ccc(C(=O)Nc2c(-c3ccc(C)cc3)c(=O)c(C)nn2-c2ccc(F)cc2)cc1. The normalized spacial score (nSPS) is 10.7. The third-order valence-corrected chi connectivity index (χ3v) is 5.25. The Kier molecular flexibility index (Phi) is 6.04. The topological polar surface area (TPSA) is 73.2 Å². The lowest BCUT2D eigenvalue weighted by atomic mass is 10.0. The zero-order chi connectivity index (χ0) is 23.5. The van der Waals surface area contributed by atoms with Gasteiger partial charge in [-0.3, -0.25) is 9.59 Å². The number of anilines is 1. The first-order chi connectivity index (χ1) is 15.9. The average molecular weight is 443 g/mol. The molecule has 0 atom stereocenters. The van der Waals surface area contributed by atoms with Crippen LogP contribution in [0.3, 0.4) is 0 Å². The van der Waals surface area contributed by atoms with Crippen LogP contribution in [0.2, 0.25) is 0 Å². The molecule has 0 aliphatic heterocycles. The number of aromatic nitrogens is 2. The van der Waals surface area contributed by atoms with Gasteiger partial charge in [0.05, 0.1) is 18.4 Å². The van der Waals surface area contributed by atoms with Crippen molar-refractivity contribution in [3.8, 4) is 22.6 Å².